The molecule has 0 radical (unpaired) electrons. The molecule has 1 saturated heterocycles. The van der Waals surface area contributed by atoms with Crippen molar-refractivity contribution in [2.75, 3.05) is 0 Å². The van der Waals surface area contributed by atoms with Crippen molar-refractivity contribution in [1.82, 2.24) is 5.32 Å². The van der Waals surface area contributed by atoms with Gasteiger partial charge in [-0.05, 0) is 50.5 Å². The second-order valence-electron chi connectivity index (χ2n) is 9.27. The molecule has 2 aliphatic heterocycles. The number of amides is 2. The Bertz CT molecular complexity index is 796. The van der Waals surface area contributed by atoms with Crippen LogP contribution >= 0.6 is 0 Å². The van der Waals surface area contributed by atoms with Gasteiger partial charge in [0.25, 0.3) is 0 Å². The van der Waals surface area contributed by atoms with Crippen LogP contribution in [0.25, 0.3) is 0 Å². The molecule has 2 rings (SSSR count). The lowest BCUT2D eigenvalue weighted by Crippen LogP contribution is -2.38. The number of aliphatic hydroxyl groups excluding tert-OH is 1. The molecule has 4 atom stereocenters. The Labute approximate surface area is 196 Å². The van der Waals surface area contributed by atoms with Gasteiger partial charge in [-0.25, -0.2) is 4.79 Å². The van der Waals surface area contributed by atoms with Crippen LogP contribution in [0.2, 0.25) is 0 Å². The summed E-state index contributed by atoms with van der Waals surface area (Å²) in [6.07, 6.45) is 11.9. The zero-order valence-electron chi connectivity index (χ0n) is 19.9. The molecular formula is C26H37NO6. The molecule has 0 unspecified atom stereocenters. The summed E-state index contributed by atoms with van der Waals surface area (Å²) in [7, 11) is 0. The van der Waals surface area contributed by atoms with E-state index in [1.165, 1.54) is 6.08 Å². The first-order valence-corrected chi connectivity index (χ1v) is 11.9. The fourth-order valence-corrected chi connectivity index (χ4v) is 4.35. The van der Waals surface area contributed by atoms with Crippen LogP contribution in [-0.4, -0.2) is 40.9 Å². The number of rotatable bonds is 7. The maximum Gasteiger partial charge on any atom is 0.331 e. The minimum atomic E-state index is -0.674. The maximum absolute atomic E-state index is 12.7. The highest BCUT2D eigenvalue weighted by Crippen LogP contribution is 2.25. The minimum Gasteiger partial charge on any atom is -0.454 e. The number of cyclic esters (lactones) is 1. The summed E-state index contributed by atoms with van der Waals surface area (Å²) >= 11 is 0. The summed E-state index contributed by atoms with van der Waals surface area (Å²) in [5, 5.41) is 12.9. The molecule has 0 aromatic heterocycles. The Morgan fingerprint density at radius 3 is 2.55 bits per heavy atom. The van der Waals surface area contributed by atoms with Gasteiger partial charge in [-0.2, -0.15) is 0 Å². The number of carbonyl (C=O) groups is 4. The van der Waals surface area contributed by atoms with Gasteiger partial charge in [0, 0.05) is 37.2 Å². The van der Waals surface area contributed by atoms with E-state index in [2.05, 4.69) is 5.32 Å². The molecule has 0 spiro atoms. The SMILES string of the molecule is C/C(=C\[C@H](C)C(=O)CCCC1CC(=O)NC(=O)C1)[C@@H]1OC(=O)C=CCCC=CC[C@@H](O)[C@@H]1C. The van der Waals surface area contributed by atoms with Gasteiger partial charge in [0.05, 0.1) is 6.10 Å². The summed E-state index contributed by atoms with van der Waals surface area (Å²) < 4.78 is 5.67. The Hall–Kier alpha value is -2.54. The van der Waals surface area contributed by atoms with E-state index < -0.39 is 18.2 Å². The number of piperidine rings is 1. The van der Waals surface area contributed by atoms with E-state index in [-0.39, 0.29) is 35.4 Å². The molecular weight excluding hydrogens is 422 g/mol. The van der Waals surface area contributed by atoms with Crippen LogP contribution in [0.4, 0.5) is 0 Å². The van der Waals surface area contributed by atoms with Crippen LogP contribution in [0.1, 0.15) is 72.1 Å². The largest absolute Gasteiger partial charge is 0.454 e. The number of ether oxygens (including phenoxy) is 1. The van der Waals surface area contributed by atoms with Crippen LogP contribution in [-0.2, 0) is 23.9 Å². The van der Waals surface area contributed by atoms with Crippen molar-refractivity contribution in [2.45, 2.75) is 84.3 Å². The molecule has 0 saturated carbocycles. The van der Waals surface area contributed by atoms with E-state index in [0.717, 1.165) is 18.4 Å². The first-order chi connectivity index (χ1) is 15.7. The van der Waals surface area contributed by atoms with Gasteiger partial charge in [0.2, 0.25) is 11.8 Å². The Kier molecular flexibility index (Phi) is 10.7. The lowest BCUT2D eigenvalue weighted by atomic mass is 9.87. The molecule has 0 bridgehead atoms. The van der Waals surface area contributed by atoms with Crippen molar-refractivity contribution in [1.29, 1.82) is 0 Å². The summed E-state index contributed by atoms with van der Waals surface area (Å²) in [6, 6.07) is 0. The number of Topliss-reactive ketones (excluding diaryl/α,β-unsaturated/α-hetero) is 1. The summed E-state index contributed by atoms with van der Waals surface area (Å²) in [5.74, 6) is -1.61. The lowest BCUT2D eigenvalue weighted by Gasteiger charge is -2.28. The van der Waals surface area contributed by atoms with Crippen molar-refractivity contribution in [3.8, 4) is 0 Å². The Morgan fingerprint density at radius 2 is 1.85 bits per heavy atom. The molecule has 2 amide bonds. The maximum atomic E-state index is 12.7. The first kappa shape index (κ1) is 26.7. The van der Waals surface area contributed by atoms with Gasteiger partial charge in [-0.3, -0.25) is 19.7 Å². The number of imide groups is 1. The molecule has 7 heteroatoms. The monoisotopic (exact) mass is 459 g/mol. The number of esters is 1. The highest BCUT2D eigenvalue weighted by atomic mass is 16.5. The molecule has 0 aromatic carbocycles. The summed E-state index contributed by atoms with van der Waals surface area (Å²) in [5.41, 5.74) is 0.736. The topological polar surface area (TPSA) is 110 Å². The van der Waals surface area contributed by atoms with Gasteiger partial charge >= 0.3 is 5.97 Å². The van der Waals surface area contributed by atoms with E-state index in [0.29, 0.717) is 38.5 Å². The number of hydrogen-bond acceptors (Lipinski definition) is 6. The Balaban J connectivity index is 1.98. The number of ketones is 1. The fourth-order valence-electron chi connectivity index (χ4n) is 4.35. The summed E-state index contributed by atoms with van der Waals surface area (Å²) in [4.78, 5) is 47.9. The number of nitrogens with one attached hydrogen (secondary N) is 1. The van der Waals surface area contributed by atoms with Crippen LogP contribution in [0.5, 0.6) is 0 Å². The van der Waals surface area contributed by atoms with Gasteiger partial charge < -0.3 is 9.84 Å². The Morgan fingerprint density at radius 1 is 1.18 bits per heavy atom. The normalized spacial score (nSPS) is 26.7. The van der Waals surface area contributed by atoms with Crippen LogP contribution < -0.4 is 5.32 Å². The molecule has 2 N–H and O–H groups in total. The number of hydrogen-bond donors (Lipinski definition) is 2. The van der Waals surface area contributed by atoms with Crippen LogP contribution in [0.3, 0.4) is 0 Å². The molecule has 0 aliphatic carbocycles. The molecule has 182 valence electrons. The van der Waals surface area contributed by atoms with E-state index in [9.17, 15) is 24.3 Å². The van der Waals surface area contributed by atoms with Crippen molar-refractivity contribution >= 4 is 23.6 Å². The van der Waals surface area contributed by atoms with Crippen molar-refractivity contribution in [3.63, 3.8) is 0 Å². The van der Waals surface area contributed by atoms with E-state index >= 15 is 0 Å². The van der Waals surface area contributed by atoms with Gasteiger partial charge in [0.1, 0.15) is 11.9 Å². The summed E-state index contributed by atoms with van der Waals surface area (Å²) in [6.45, 7) is 5.48. The number of aliphatic hydroxyl groups is 1. The molecule has 1 fully saturated rings. The molecule has 2 aliphatic rings. The molecule has 2 heterocycles. The highest BCUT2D eigenvalue weighted by Gasteiger charge is 2.29. The second-order valence-corrected chi connectivity index (χ2v) is 9.27. The third kappa shape index (κ3) is 9.08. The van der Waals surface area contributed by atoms with Crippen molar-refractivity contribution < 1.29 is 29.0 Å². The first-order valence-electron chi connectivity index (χ1n) is 11.9. The number of allylic oxidation sites excluding steroid dienone is 3. The fraction of sp³-hybridized carbons (Fsp3) is 0.615. The average Bonchev–Trinajstić information content (AvgIpc) is 2.74. The standard InChI is InChI=1S/C26H37NO6/c1-17(21(28)12-9-10-20-15-23(30)27-24(31)16-20)14-18(2)26-19(3)22(29)11-7-5-4-6-8-13-25(32)33-26/h5,7-8,13-14,17,19-20,22,26,29H,4,6,9-12,15-16H2,1-3H3,(H,27,30,31)/b7-5?,13-8?,18-14+/t17-,19-,22+,26-/m0/s1. The molecule has 0 aromatic rings. The van der Waals surface area contributed by atoms with Gasteiger partial charge in [0.15, 0.2) is 0 Å². The van der Waals surface area contributed by atoms with Crippen molar-refractivity contribution in [2.24, 2.45) is 17.8 Å². The van der Waals surface area contributed by atoms with E-state index in [1.54, 1.807) is 6.08 Å². The lowest BCUT2D eigenvalue weighted by molar-refractivity contribution is -0.145. The van der Waals surface area contributed by atoms with Gasteiger partial charge in [-0.1, -0.05) is 38.2 Å². The highest BCUT2D eigenvalue weighted by molar-refractivity contribution is 5.97. The van der Waals surface area contributed by atoms with E-state index in [1.807, 2.05) is 39.0 Å². The second kappa shape index (κ2) is 13.2. The van der Waals surface area contributed by atoms with Crippen LogP contribution in [0.15, 0.2) is 36.0 Å². The zero-order chi connectivity index (χ0) is 24.4. The smallest absolute Gasteiger partial charge is 0.331 e. The zero-order valence-corrected chi connectivity index (χ0v) is 19.9. The van der Waals surface area contributed by atoms with Gasteiger partial charge in [-0.15, -0.1) is 0 Å². The van der Waals surface area contributed by atoms with Crippen molar-refractivity contribution in [3.05, 3.63) is 36.0 Å². The minimum absolute atomic E-state index is 0.00768. The van der Waals surface area contributed by atoms with Crippen LogP contribution in [0, 0.1) is 17.8 Å². The van der Waals surface area contributed by atoms with E-state index in [4.69, 9.17) is 4.74 Å². The molecule has 33 heavy (non-hydrogen) atoms. The third-order valence-corrected chi connectivity index (χ3v) is 6.36. The predicted molar refractivity (Wildman–Crippen MR) is 125 cm³/mol. The third-order valence-electron chi connectivity index (χ3n) is 6.36. The quantitative estimate of drug-likeness (QED) is 0.342. The average molecular weight is 460 g/mol. The predicted octanol–water partition coefficient (Wildman–Crippen LogP) is 3.57. The number of carbonyl (C=O) groups excluding carboxylic acids is 4. The molecule has 7 nitrogen and oxygen atoms in total.